The summed E-state index contributed by atoms with van der Waals surface area (Å²) in [5, 5.41) is 0. The van der Waals surface area contributed by atoms with Gasteiger partial charge in [-0.2, -0.15) is 9.97 Å². The van der Waals surface area contributed by atoms with Crippen molar-refractivity contribution in [1.82, 2.24) is 33.9 Å². The number of rotatable bonds is 4. The van der Waals surface area contributed by atoms with Gasteiger partial charge in [-0.1, -0.05) is 103 Å². The van der Waals surface area contributed by atoms with E-state index in [0.717, 1.165) is 50.4 Å². The van der Waals surface area contributed by atoms with Crippen LogP contribution in [-0.4, -0.2) is 33.9 Å². The molecule has 40 heavy (non-hydrogen) atoms. The minimum Gasteiger partial charge on any atom is -0.276 e. The number of pyridine rings is 1. The molecule has 188 valence electrons. The molecule has 7 nitrogen and oxygen atoms in total. The van der Waals surface area contributed by atoms with Crippen LogP contribution in [0.25, 0.3) is 68.0 Å². The van der Waals surface area contributed by atoms with E-state index in [4.69, 9.17) is 24.9 Å². The summed E-state index contributed by atoms with van der Waals surface area (Å²) in [6.45, 7) is 0. The molecule has 0 amide bonds. The lowest BCUT2D eigenvalue weighted by atomic mass is 10.2. The van der Waals surface area contributed by atoms with Crippen molar-refractivity contribution in [3.8, 4) is 40.1 Å². The van der Waals surface area contributed by atoms with Crippen molar-refractivity contribution >= 4 is 27.8 Å². The van der Waals surface area contributed by atoms with Crippen LogP contribution in [0.3, 0.4) is 0 Å². The molecule has 0 aliphatic heterocycles. The molecule has 4 aromatic heterocycles. The number of aromatic nitrogens is 7. The van der Waals surface area contributed by atoms with Crippen molar-refractivity contribution in [2.75, 3.05) is 0 Å². The Morgan fingerprint density at radius 2 is 1.00 bits per heavy atom. The van der Waals surface area contributed by atoms with E-state index in [-0.39, 0.29) is 0 Å². The number of benzene rings is 4. The maximum Gasteiger partial charge on any atom is 0.241 e. The first kappa shape index (κ1) is 22.3. The second-order valence-corrected chi connectivity index (χ2v) is 9.49. The third kappa shape index (κ3) is 3.56. The zero-order valence-electron chi connectivity index (χ0n) is 21.3. The van der Waals surface area contributed by atoms with Gasteiger partial charge in [-0.15, -0.1) is 0 Å². The van der Waals surface area contributed by atoms with Crippen LogP contribution in [0.1, 0.15) is 0 Å². The van der Waals surface area contributed by atoms with Crippen molar-refractivity contribution in [1.29, 1.82) is 0 Å². The van der Waals surface area contributed by atoms with Gasteiger partial charge in [0.15, 0.2) is 17.3 Å². The monoisotopic (exact) mass is 515 g/mol. The van der Waals surface area contributed by atoms with E-state index in [1.54, 1.807) is 0 Å². The maximum atomic E-state index is 5.11. The molecule has 0 N–H and O–H groups in total. The molecule has 0 spiro atoms. The summed E-state index contributed by atoms with van der Waals surface area (Å²) in [6, 6.07) is 42.3. The van der Waals surface area contributed by atoms with Crippen LogP contribution in [-0.2, 0) is 0 Å². The van der Waals surface area contributed by atoms with Crippen LogP contribution >= 0.6 is 0 Å². The Bertz CT molecular complexity index is 2090. The maximum absolute atomic E-state index is 5.11. The Labute approximate surface area is 229 Å². The third-order valence-electron chi connectivity index (χ3n) is 6.99. The number of para-hydroxylation sites is 2. The third-order valence-corrected chi connectivity index (χ3v) is 6.99. The molecule has 0 fully saturated rings. The summed E-state index contributed by atoms with van der Waals surface area (Å²) in [7, 11) is 0. The fourth-order valence-electron chi connectivity index (χ4n) is 5.16. The summed E-state index contributed by atoms with van der Waals surface area (Å²) in [5.41, 5.74) is 7.17. The van der Waals surface area contributed by atoms with Gasteiger partial charge in [0.25, 0.3) is 0 Å². The normalized spacial score (nSPS) is 11.5. The van der Waals surface area contributed by atoms with Crippen molar-refractivity contribution in [2.45, 2.75) is 0 Å². The van der Waals surface area contributed by atoms with Crippen LogP contribution in [0.2, 0.25) is 0 Å². The molecule has 0 atom stereocenters. The van der Waals surface area contributed by atoms with Crippen molar-refractivity contribution < 1.29 is 0 Å². The average Bonchev–Trinajstić information content (AvgIpc) is 3.61. The Balaban J connectivity index is 1.52. The minimum atomic E-state index is 0.486. The Kier molecular flexibility index (Phi) is 4.99. The zero-order chi connectivity index (χ0) is 26.5. The summed E-state index contributed by atoms with van der Waals surface area (Å²) in [5.74, 6) is 2.41. The highest BCUT2D eigenvalue weighted by molar-refractivity contribution is 5.90. The van der Waals surface area contributed by atoms with Gasteiger partial charge < -0.3 is 0 Å². The van der Waals surface area contributed by atoms with Gasteiger partial charge in [0.05, 0.1) is 11.0 Å². The van der Waals surface area contributed by atoms with Gasteiger partial charge in [-0.3, -0.25) is 4.40 Å². The fourth-order valence-corrected chi connectivity index (χ4v) is 5.16. The summed E-state index contributed by atoms with van der Waals surface area (Å²) >= 11 is 0. The van der Waals surface area contributed by atoms with Crippen molar-refractivity contribution in [3.05, 3.63) is 127 Å². The molecular weight excluding hydrogens is 494 g/mol. The quantitative estimate of drug-likeness (QED) is 0.252. The lowest BCUT2D eigenvalue weighted by Crippen LogP contribution is -2.09. The molecule has 0 radical (unpaired) electrons. The van der Waals surface area contributed by atoms with Gasteiger partial charge in [-0.05, 0) is 24.3 Å². The van der Waals surface area contributed by atoms with Gasteiger partial charge in [0.2, 0.25) is 5.95 Å². The van der Waals surface area contributed by atoms with E-state index in [9.17, 15) is 0 Å². The van der Waals surface area contributed by atoms with E-state index in [1.165, 1.54) is 0 Å². The highest BCUT2D eigenvalue weighted by Crippen LogP contribution is 2.31. The average molecular weight is 516 g/mol. The number of fused-ring (bicyclic) bond motifs is 5. The number of nitrogens with zero attached hydrogens (tertiary/aromatic N) is 7. The van der Waals surface area contributed by atoms with Crippen LogP contribution in [0.5, 0.6) is 0 Å². The second-order valence-electron chi connectivity index (χ2n) is 9.49. The van der Waals surface area contributed by atoms with Gasteiger partial charge in [0.1, 0.15) is 17.0 Å². The molecule has 0 saturated heterocycles. The van der Waals surface area contributed by atoms with E-state index < -0.39 is 0 Å². The standard InChI is InChI=1S/C33H21N7/c1-4-12-22(13-5-1)29-36-30(23-14-6-2-7-15-23)38-33(37-29)40-31(24-16-8-3-9-17-24)35-26-20-21-28-34-25-18-10-11-19-27(25)39(28)32(26)40/h1-21H. The Hall–Kier alpha value is -5.69. The van der Waals surface area contributed by atoms with E-state index in [0.29, 0.717) is 17.6 Å². The first-order chi connectivity index (χ1) is 19.8. The zero-order valence-corrected chi connectivity index (χ0v) is 21.3. The first-order valence-electron chi connectivity index (χ1n) is 13.0. The molecule has 0 unspecified atom stereocenters. The van der Waals surface area contributed by atoms with Crippen LogP contribution in [0.15, 0.2) is 127 Å². The molecular formula is C33H21N7. The topological polar surface area (TPSA) is 73.8 Å². The predicted molar refractivity (Wildman–Crippen MR) is 157 cm³/mol. The summed E-state index contributed by atoms with van der Waals surface area (Å²) in [6.07, 6.45) is 0. The summed E-state index contributed by atoms with van der Waals surface area (Å²) in [4.78, 5) is 25.0. The molecule has 0 saturated carbocycles. The molecule has 7 heteroatoms. The highest BCUT2D eigenvalue weighted by Gasteiger charge is 2.22. The largest absolute Gasteiger partial charge is 0.276 e. The molecule has 4 aromatic carbocycles. The van der Waals surface area contributed by atoms with E-state index in [1.807, 2.05) is 114 Å². The minimum absolute atomic E-state index is 0.486. The van der Waals surface area contributed by atoms with Gasteiger partial charge in [0, 0.05) is 16.7 Å². The second kappa shape index (κ2) is 8.96. The fraction of sp³-hybridized carbons (Fsp3) is 0. The SMILES string of the molecule is c1ccc(-c2nc(-c3ccccc3)nc(-n3c(-c4ccccc4)nc4ccc5nc6ccccc6n5c43)n2)cc1. The van der Waals surface area contributed by atoms with Gasteiger partial charge >= 0.3 is 0 Å². The molecule has 8 aromatic rings. The Morgan fingerprint density at radius 1 is 0.425 bits per heavy atom. The van der Waals surface area contributed by atoms with Crippen LogP contribution < -0.4 is 0 Å². The smallest absolute Gasteiger partial charge is 0.241 e. The predicted octanol–water partition coefficient (Wildman–Crippen LogP) is 7.01. The lowest BCUT2D eigenvalue weighted by Gasteiger charge is -2.12. The number of hydrogen-bond acceptors (Lipinski definition) is 5. The lowest BCUT2D eigenvalue weighted by molar-refractivity contribution is 0.917. The summed E-state index contributed by atoms with van der Waals surface area (Å²) < 4.78 is 4.17. The molecule has 0 aliphatic rings. The molecule has 8 rings (SSSR count). The molecule has 4 heterocycles. The van der Waals surface area contributed by atoms with E-state index in [2.05, 4.69) is 22.6 Å². The van der Waals surface area contributed by atoms with Crippen molar-refractivity contribution in [2.24, 2.45) is 0 Å². The van der Waals surface area contributed by atoms with Crippen molar-refractivity contribution in [3.63, 3.8) is 0 Å². The van der Waals surface area contributed by atoms with Crippen LogP contribution in [0, 0.1) is 0 Å². The Morgan fingerprint density at radius 3 is 1.65 bits per heavy atom. The molecule has 0 bridgehead atoms. The van der Waals surface area contributed by atoms with Gasteiger partial charge in [-0.25, -0.2) is 19.5 Å². The number of imidazole rings is 2. The highest BCUT2D eigenvalue weighted by atomic mass is 15.3. The van der Waals surface area contributed by atoms with Crippen LogP contribution in [0.4, 0.5) is 0 Å². The molecule has 0 aliphatic carbocycles. The number of hydrogen-bond donors (Lipinski definition) is 0. The first-order valence-corrected chi connectivity index (χ1v) is 13.0. The van der Waals surface area contributed by atoms with E-state index >= 15 is 0 Å².